The van der Waals surface area contributed by atoms with Gasteiger partial charge >= 0.3 is 0 Å². The zero-order valence-corrected chi connectivity index (χ0v) is 21.0. The minimum atomic E-state index is -0.318. The summed E-state index contributed by atoms with van der Waals surface area (Å²) in [5, 5.41) is 7.91. The van der Waals surface area contributed by atoms with Crippen LogP contribution in [0.15, 0.2) is 89.1 Å². The molecule has 0 spiro atoms. The molecule has 0 bridgehead atoms. The summed E-state index contributed by atoms with van der Waals surface area (Å²) >= 11 is 2.85. The second-order valence-corrected chi connectivity index (χ2v) is 10.1. The molecule has 0 aliphatic carbocycles. The fraction of sp³-hybridized carbons (Fsp3) is 0.148. The normalized spacial score (nSPS) is 11.5. The first-order chi connectivity index (χ1) is 17.0. The van der Waals surface area contributed by atoms with Crippen molar-refractivity contribution in [1.82, 2.24) is 4.98 Å². The predicted octanol–water partition coefficient (Wildman–Crippen LogP) is 6.26. The molecule has 2 N–H and O–H groups in total. The van der Waals surface area contributed by atoms with Crippen molar-refractivity contribution in [3.8, 4) is 17.0 Å². The number of rotatable bonds is 9. The van der Waals surface area contributed by atoms with Crippen LogP contribution in [0.2, 0.25) is 0 Å². The third-order valence-corrected chi connectivity index (χ3v) is 6.88. The first-order valence-electron chi connectivity index (χ1n) is 11.0. The lowest BCUT2D eigenvalue weighted by Gasteiger charge is -2.11. The average Bonchev–Trinajstić information content (AvgIpc) is 3.33. The van der Waals surface area contributed by atoms with Gasteiger partial charge in [0.1, 0.15) is 5.75 Å². The molecular formula is C27H25N3O3S2. The van der Waals surface area contributed by atoms with Gasteiger partial charge in [0.05, 0.1) is 10.9 Å². The SMILES string of the molecule is Cc1ccc(-c2csc(NC(=O)C(C)Sc3ccc(NC(=O)COc4ccccc4)cc3)n2)cc1. The Morgan fingerprint density at radius 3 is 2.40 bits per heavy atom. The lowest BCUT2D eigenvalue weighted by Crippen LogP contribution is -2.22. The van der Waals surface area contributed by atoms with E-state index in [2.05, 4.69) is 15.6 Å². The third kappa shape index (κ3) is 7.18. The highest BCUT2D eigenvalue weighted by molar-refractivity contribution is 8.00. The molecular weight excluding hydrogens is 478 g/mol. The Bertz CT molecular complexity index is 1270. The Kier molecular flexibility index (Phi) is 8.18. The molecule has 35 heavy (non-hydrogen) atoms. The van der Waals surface area contributed by atoms with Crippen molar-refractivity contribution in [1.29, 1.82) is 0 Å². The molecule has 1 heterocycles. The van der Waals surface area contributed by atoms with Crippen LogP contribution in [-0.2, 0) is 9.59 Å². The molecule has 4 rings (SSSR count). The van der Waals surface area contributed by atoms with E-state index in [9.17, 15) is 9.59 Å². The van der Waals surface area contributed by atoms with Crippen LogP contribution in [0.4, 0.5) is 10.8 Å². The molecule has 1 unspecified atom stereocenters. The van der Waals surface area contributed by atoms with Crippen LogP contribution in [-0.4, -0.2) is 28.7 Å². The monoisotopic (exact) mass is 503 g/mol. The Labute approximate surface area is 212 Å². The maximum absolute atomic E-state index is 12.7. The minimum Gasteiger partial charge on any atom is -0.484 e. The number of nitrogens with zero attached hydrogens (tertiary/aromatic N) is 1. The molecule has 178 valence electrons. The highest BCUT2D eigenvalue weighted by atomic mass is 32.2. The van der Waals surface area contributed by atoms with Gasteiger partial charge in [0.15, 0.2) is 11.7 Å². The molecule has 1 atom stereocenters. The number of carbonyl (C=O) groups excluding carboxylic acids is 2. The van der Waals surface area contributed by atoms with Crippen LogP contribution in [0, 0.1) is 6.92 Å². The first-order valence-corrected chi connectivity index (χ1v) is 12.8. The van der Waals surface area contributed by atoms with Gasteiger partial charge in [0.2, 0.25) is 5.91 Å². The van der Waals surface area contributed by atoms with Crippen molar-refractivity contribution in [3.63, 3.8) is 0 Å². The zero-order valence-electron chi connectivity index (χ0n) is 19.4. The van der Waals surface area contributed by atoms with E-state index in [1.54, 1.807) is 12.1 Å². The van der Waals surface area contributed by atoms with Crippen LogP contribution < -0.4 is 15.4 Å². The van der Waals surface area contributed by atoms with Crippen molar-refractivity contribution in [2.75, 3.05) is 17.2 Å². The van der Waals surface area contributed by atoms with Crippen molar-refractivity contribution < 1.29 is 14.3 Å². The second-order valence-electron chi connectivity index (χ2n) is 7.83. The fourth-order valence-corrected chi connectivity index (χ4v) is 4.72. The molecule has 0 saturated heterocycles. The number of hydrogen-bond donors (Lipinski definition) is 2. The van der Waals surface area contributed by atoms with Crippen LogP contribution >= 0.6 is 23.1 Å². The Balaban J connectivity index is 1.25. The van der Waals surface area contributed by atoms with Gasteiger partial charge in [-0.1, -0.05) is 48.0 Å². The molecule has 0 saturated carbocycles. The molecule has 0 fully saturated rings. The molecule has 0 aliphatic rings. The van der Waals surface area contributed by atoms with Crippen molar-refractivity contribution in [2.45, 2.75) is 24.0 Å². The number of amides is 2. The van der Waals surface area contributed by atoms with Gasteiger partial charge in [0, 0.05) is 21.5 Å². The molecule has 1 aromatic heterocycles. The van der Waals surface area contributed by atoms with Crippen molar-refractivity contribution >= 4 is 45.7 Å². The maximum Gasteiger partial charge on any atom is 0.262 e. The number of hydrogen-bond acceptors (Lipinski definition) is 6. The van der Waals surface area contributed by atoms with E-state index in [1.165, 1.54) is 28.7 Å². The Hall–Kier alpha value is -3.62. The average molecular weight is 504 g/mol. The third-order valence-electron chi connectivity index (χ3n) is 5.01. The topological polar surface area (TPSA) is 80.3 Å². The van der Waals surface area contributed by atoms with E-state index in [1.807, 2.05) is 86.0 Å². The number of aryl methyl sites for hydroxylation is 1. The van der Waals surface area contributed by atoms with Gasteiger partial charge in [-0.05, 0) is 50.2 Å². The number of nitrogens with one attached hydrogen (secondary N) is 2. The summed E-state index contributed by atoms with van der Waals surface area (Å²) in [7, 11) is 0. The predicted molar refractivity (Wildman–Crippen MR) is 143 cm³/mol. The summed E-state index contributed by atoms with van der Waals surface area (Å²) in [6, 6.07) is 24.7. The lowest BCUT2D eigenvalue weighted by molar-refractivity contribution is -0.118. The largest absolute Gasteiger partial charge is 0.484 e. The van der Waals surface area contributed by atoms with E-state index in [4.69, 9.17) is 4.74 Å². The van der Waals surface area contributed by atoms with E-state index in [-0.39, 0.29) is 23.7 Å². The smallest absolute Gasteiger partial charge is 0.262 e. The summed E-state index contributed by atoms with van der Waals surface area (Å²) in [4.78, 5) is 30.3. The van der Waals surface area contributed by atoms with Crippen LogP contribution in [0.1, 0.15) is 12.5 Å². The first kappa shape index (κ1) is 24.5. The van der Waals surface area contributed by atoms with Crippen molar-refractivity contribution in [2.24, 2.45) is 0 Å². The van der Waals surface area contributed by atoms with E-state index in [0.29, 0.717) is 16.6 Å². The summed E-state index contributed by atoms with van der Waals surface area (Å²) in [6.07, 6.45) is 0. The second kappa shape index (κ2) is 11.7. The van der Waals surface area contributed by atoms with Gasteiger partial charge in [-0.15, -0.1) is 23.1 Å². The minimum absolute atomic E-state index is 0.0693. The lowest BCUT2D eigenvalue weighted by atomic mass is 10.1. The zero-order chi connectivity index (χ0) is 24.6. The highest BCUT2D eigenvalue weighted by Gasteiger charge is 2.16. The van der Waals surface area contributed by atoms with Gasteiger partial charge in [-0.2, -0.15) is 0 Å². The number of anilines is 2. The quantitative estimate of drug-likeness (QED) is 0.264. The van der Waals surface area contributed by atoms with Crippen molar-refractivity contribution in [3.05, 3.63) is 89.8 Å². The van der Waals surface area contributed by atoms with E-state index < -0.39 is 0 Å². The standard InChI is InChI=1S/C27H25N3O3S2/c1-18-8-10-20(11-9-18)24-17-34-27(29-24)30-26(32)19(2)35-23-14-12-21(13-15-23)28-25(31)16-33-22-6-4-3-5-7-22/h3-15,17,19H,16H2,1-2H3,(H,28,31)(H,29,30,32). The summed E-state index contributed by atoms with van der Waals surface area (Å²) in [5.41, 5.74) is 3.72. The number of aromatic nitrogens is 1. The molecule has 3 aromatic carbocycles. The number of benzene rings is 3. The van der Waals surface area contributed by atoms with Gasteiger partial charge < -0.3 is 15.4 Å². The molecule has 2 amide bonds. The summed E-state index contributed by atoms with van der Waals surface area (Å²) in [6.45, 7) is 3.83. The number of thiazole rings is 1. The Morgan fingerprint density at radius 2 is 1.69 bits per heavy atom. The summed E-state index contributed by atoms with van der Waals surface area (Å²) in [5.74, 6) is 0.288. The number of thioether (sulfide) groups is 1. The van der Waals surface area contributed by atoms with Crippen LogP contribution in [0.25, 0.3) is 11.3 Å². The van der Waals surface area contributed by atoms with E-state index >= 15 is 0 Å². The maximum atomic E-state index is 12.7. The summed E-state index contributed by atoms with van der Waals surface area (Å²) < 4.78 is 5.46. The van der Waals surface area contributed by atoms with Gasteiger partial charge in [-0.3, -0.25) is 9.59 Å². The Morgan fingerprint density at radius 1 is 0.971 bits per heavy atom. The number of carbonyl (C=O) groups is 2. The highest BCUT2D eigenvalue weighted by Crippen LogP contribution is 2.28. The fourth-order valence-electron chi connectivity index (χ4n) is 3.13. The molecule has 0 radical (unpaired) electrons. The van der Waals surface area contributed by atoms with Crippen LogP contribution in [0.3, 0.4) is 0 Å². The molecule has 6 nitrogen and oxygen atoms in total. The number of ether oxygens (including phenoxy) is 1. The molecule has 8 heteroatoms. The van der Waals surface area contributed by atoms with Gasteiger partial charge in [0.25, 0.3) is 5.91 Å². The molecule has 0 aliphatic heterocycles. The van der Waals surface area contributed by atoms with E-state index in [0.717, 1.165) is 16.2 Å². The van der Waals surface area contributed by atoms with Gasteiger partial charge in [-0.25, -0.2) is 4.98 Å². The number of para-hydroxylation sites is 1. The van der Waals surface area contributed by atoms with Crippen LogP contribution in [0.5, 0.6) is 5.75 Å². The molecule has 4 aromatic rings.